The van der Waals surface area contributed by atoms with Crippen molar-refractivity contribution in [3.05, 3.63) is 76.4 Å². The van der Waals surface area contributed by atoms with Crippen LogP contribution in [0, 0.1) is 19.8 Å². The molecule has 2 aromatic rings. The molecule has 1 N–H and O–H groups in total. The average molecular weight is 345 g/mol. The molecule has 3 nitrogen and oxygen atoms in total. The van der Waals surface area contributed by atoms with Crippen molar-refractivity contribution >= 4 is 11.8 Å². The number of aryl methyl sites for hydroxylation is 2. The SMILES string of the molecule is CCN1N=C2/C(=C/c3ccc(C)cc3)CNC[C@@H]2[C@H]1c1ccc(C)cc1. The lowest BCUT2D eigenvalue weighted by Gasteiger charge is -2.30. The molecule has 0 bridgehead atoms. The number of piperidine rings is 1. The average Bonchev–Trinajstić information content (AvgIpc) is 3.04. The van der Waals surface area contributed by atoms with Crippen LogP contribution in [-0.4, -0.2) is 30.4 Å². The Morgan fingerprint density at radius 3 is 2.35 bits per heavy atom. The maximum atomic E-state index is 5.05. The van der Waals surface area contributed by atoms with Crippen molar-refractivity contribution in [3.63, 3.8) is 0 Å². The van der Waals surface area contributed by atoms with Crippen LogP contribution in [0.4, 0.5) is 0 Å². The van der Waals surface area contributed by atoms with E-state index in [-0.39, 0.29) is 0 Å². The summed E-state index contributed by atoms with van der Waals surface area (Å²) in [6.07, 6.45) is 2.29. The van der Waals surface area contributed by atoms with Gasteiger partial charge in [-0.05, 0) is 43.5 Å². The van der Waals surface area contributed by atoms with Gasteiger partial charge in [-0.1, -0.05) is 59.7 Å². The number of benzene rings is 2. The molecule has 0 aliphatic carbocycles. The minimum absolute atomic E-state index is 0.324. The van der Waals surface area contributed by atoms with Gasteiger partial charge in [0.15, 0.2) is 0 Å². The normalized spacial score (nSPS) is 23.9. The van der Waals surface area contributed by atoms with Crippen molar-refractivity contribution in [3.8, 4) is 0 Å². The second kappa shape index (κ2) is 7.08. The number of nitrogens with zero attached hydrogens (tertiary/aromatic N) is 2. The Morgan fingerprint density at radius 2 is 1.69 bits per heavy atom. The highest BCUT2D eigenvalue weighted by atomic mass is 15.5. The van der Waals surface area contributed by atoms with Gasteiger partial charge in [-0.15, -0.1) is 0 Å². The highest BCUT2D eigenvalue weighted by molar-refractivity contribution is 6.07. The van der Waals surface area contributed by atoms with E-state index in [2.05, 4.69) is 85.7 Å². The van der Waals surface area contributed by atoms with Gasteiger partial charge in [0.05, 0.1) is 11.8 Å². The number of rotatable bonds is 3. The van der Waals surface area contributed by atoms with Crippen LogP contribution in [-0.2, 0) is 0 Å². The molecule has 1 fully saturated rings. The van der Waals surface area contributed by atoms with Gasteiger partial charge in [0.25, 0.3) is 0 Å². The zero-order valence-corrected chi connectivity index (χ0v) is 15.9. The molecule has 134 valence electrons. The lowest BCUT2D eigenvalue weighted by molar-refractivity contribution is 0.211. The molecule has 26 heavy (non-hydrogen) atoms. The molecule has 2 heterocycles. The fourth-order valence-electron chi connectivity index (χ4n) is 4.02. The standard InChI is InChI=1S/C23H27N3/c1-4-26-23(19-11-7-17(3)8-12-19)21-15-24-14-20(22(21)25-26)13-18-9-5-16(2)6-10-18/h5-13,21,23-24H,4,14-15H2,1-3H3/b20-13+/t21-,23+/m0/s1. The molecule has 2 aliphatic rings. The van der Waals surface area contributed by atoms with Crippen molar-refractivity contribution in [2.75, 3.05) is 19.6 Å². The third kappa shape index (κ3) is 3.19. The highest BCUT2D eigenvalue weighted by Gasteiger charge is 2.40. The monoisotopic (exact) mass is 345 g/mol. The minimum Gasteiger partial charge on any atom is -0.312 e. The van der Waals surface area contributed by atoms with E-state index in [4.69, 9.17) is 5.10 Å². The van der Waals surface area contributed by atoms with Crippen LogP contribution in [0.5, 0.6) is 0 Å². The predicted molar refractivity (Wildman–Crippen MR) is 109 cm³/mol. The van der Waals surface area contributed by atoms with E-state index in [9.17, 15) is 0 Å². The van der Waals surface area contributed by atoms with Gasteiger partial charge in [0, 0.05) is 25.6 Å². The van der Waals surface area contributed by atoms with Gasteiger partial charge in [-0.25, -0.2) is 0 Å². The van der Waals surface area contributed by atoms with E-state index < -0.39 is 0 Å². The summed E-state index contributed by atoms with van der Waals surface area (Å²) in [5, 5.41) is 10.9. The van der Waals surface area contributed by atoms with E-state index in [1.807, 2.05) is 0 Å². The van der Waals surface area contributed by atoms with E-state index in [0.29, 0.717) is 12.0 Å². The van der Waals surface area contributed by atoms with Crippen LogP contribution in [0.2, 0.25) is 0 Å². The quantitative estimate of drug-likeness (QED) is 0.896. The number of hydrazone groups is 1. The zero-order chi connectivity index (χ0) is 18.1. The molecule has 0 radical (unpaired) electrons. The van der Waals surface area contributed by atoms with Gasteiger partial charge >= 0.3 is 0 Å². The first-order valence-corrected chi connectivity index (χ1v) is 9.55. The molecule has 3 heteroatoms. The lowest BCUT2D eigenvalue weighted by Crippen LogP contribution is -2.40. The van der Waals surface area contributed by atoms with Crippen molar-refractivity contribution in [2.24, 2.45) is 11.0 Å². The molecular weight excluding hydrogens is 318 g/mol. The summed E-state index contributed by atoms with van der Waals surface area (Å²) in [6, 6.07) is 18.0. The maximum Gasteiger partial charge on any atom is 0.0816 e. The molecular formula is C23H27N3. The van der Waals surface area contributed by atoms with E-state index >= 15 is 0 Å². The number of hydrogen-bond donors (Lipinski definition) is 1. The summed E-state index contributed by atoms with van der Waals surface area (Å²) >= 11 is 0. The highest BCUT2D eigenvalue weighted by Crippen LogP contribution is 2.38. The molecule has 2 atom stereocenters. The smallest absolute Gasteiger partial charge is 0.0816 e. The summed E-state index contributed by atoms with van der Waals surface area (Å²) in [7, 11) is 0. The van der Waals surface area contributed by atoms with E-state index in [1.54, 1.807) is 0 Å². The van der Waals surface area contributed by atoms with Crippen molar-refractivity contribution in [1.29, 1.82) is 0 Å². The summed E-state index contributed by atoms with van der Waals surface area (Å²) in [6.45, 7) is 9.26. The molecule has 0 saturated carbocycles. The van der Waals surface area contributed by atoms with Crippen LogP contribution in [0.1, 0.15) is 35.2 Å². The Bertz CT molecular complexity index is 831. The second-order valence-electron chi connectivity index (χ2n) is 7.41. The fourth-order valence-corrected chi connectivity index (χ4v) is 4.02. The Morgan fingerprint density at radius 1 is 1.04 bits per heavy atom. The van der Waals surface area contributed by atoms with Gasteiger partial charge in [0.1, 0.15) is 0 Å². The Kier molecular flexibility index (Phi) is 4.64. The maximum absolute atomic E-state index is 5.05. The summed E-state index contributed by atoms with van der Waals surface area (Å²) < 4.78 is 0. The van der Waals surface area contributed by atoms with Gasteiger partial charge < -0.3 is 5.32 Å². The summed E-state index contributed by atoms with van der Waals surface area (Å²) in [4.78, 5) is 0. The van der Waals surface area contributed by atoms with Crippen LogP contribution in [0.25, 0.3) is 6.08 Å². The molecule has 0 unspecified atom stereocenters. The molecule has 0 spiro atoms. The Hall–Kier alpha value is -2.39. The molecule has 2 aromatic carbocycles. The van der Waals surface area contributed by atoms with Gasteiger partial charge in [-0.2, -0.15) is 5.10 Å². The molecule has 1 saturated heterocycles. The van der Waals surface area contributed by atoms with Crippen molar-refractivity contribution in [1.82, 2.24) is 10.3 Å². The number of nitrogens with one attached hydrogen (secondary N) is 1. The van der Waals surface area contributed by atoms with Crippen LogP contribution < -0.4 is 5.32 Å². The molecule has 0 amide bonds. The first-order chi connectivity index (χ1) is 12.7. The Labute approximate surface area is 156 Å². The fraction of sp³-hybridized carbons (Fsp3) is 0.348. The van der Waals surface area contributed by atoms with Crippen molar-refractivity contribution in [2.45, 2.75) is 26.8 Å². The summed E-state index contributed by atoms with van der Waals surface area (Å²) in [5.74, 6) is 0.406. The number of hydrogen-bond acceptors (Lipinski definition) is 3. The molecule has 2 aliphatic heterocycles. The molecule has 4 rings (SSSR count). The van der Waals surface area contributed by atoms with Crippen LogP contribution in [0.15, 0.2) is 59.2 Å². The van der Waals surface area contributed by atoms with E-state index in [0.717, 1.165) is 19.6 Å². The third-order valence-corrected chi connectivity index (χ3v) is 5.46. The Balaban J connectivity index is 1.68. The first kappa shape index (κ1) is 17.0. The van der Waals surface area contributed by atoms with E-state index in [1.165, 1.54) is 33.5 Å². The predicted octanol–water partition coefficient (Wildman–Crippen LogP) is 4.34. The second-order valence-corrected chi connectivity index (χ2v) is 7.41. The van der Waals surface area contributed by atoms with Gasteiger partial charge in [-0.3, -0.25) is 5.01 Å². The topological polar surface area (TPSA) is 27.6 Å². The van der Waals surface area contributed by atoms with Gasteiger partial charge in [0.2, 0.25) is 0 Å². The minimum atomic E-state index is 0.324. The van der Waals surface area contributed by atoms with Crippen LogP contribution >= 0.6 is 0 Å². The number of fused-ring (bicyclic) bond motifs is 1. The van der Waals surface area contributed by atoms with Crippen LogP contribution in [0.3, 0.4) is 0 Å². The first-order valence-electron chi connectivity index (χ1n) is 9.55. The zero-order valence-electron chi connectivity index (χ0n) is 15.9. The summed E-state index contributed by atoms with van der Waals surface area (Å²) in [5.41, 5.74) is 7.78. The lowest BCUT2D eigenvalue weighted by atomic mass is 9.84. The van der Waals surface area contributed by atoms with Crippen molar-refractivity contribution < 1.29 is 0 Å². The third-order valence-electron chi connectivity index (χ3n) is 5.46. The largest absolute Gasteiger partial charge is 0.312 e. The molecule has 0 aromatic heterocycles.